The molecule has 1 rings (SSSR count). The minimum atomic E-state index is -0.607. The highest BCUT2D eigenvalue weighted by molar-refractivity contribution is 5.84. The molecule has 1 saturated carbocycles. The molecule has 2 unspecified atom stereocenters. The Kier molecular flexibility index (Phi) is 13.1. The lowest BCUT2D eigenvalue weighted by Gasteiger charge is -2.18. The van der Waals surface area contributed by atoms with Crippen LogP contribution in [0.2, 0.25) is 0 Å². The van der Waals surface area contributed by atoms with Gasteiger partial charge in [-0.3, -0.25) is 9.59 Å². The highest BCUT2D eigenvalue weighted by Crippen LogP contribution is 2.34. The molecule has 5 atom stereocenters. The summed E-state index contributed by atoms with van der Waals surface area (Å²) in [5, 5.41) is 20.4. The number of rotatable bonds is 15. The van der Waals surface area contributed by atoms with Crippen molar-refractivity contribution in [2.24, 2.45) is 17.8 Å². The first kappa shape index (κ1) is 25.8. The summed E-state index contributed by atoms with van der Waals surface area (Å²) in [6, 6.07) is 0. The third kappa shape index (κ3) is 9.90. The highest BCUT2D eigenvalue weighted by Gasteiger charge is 2.39. The topological polar surface area (TPSA) is 83.8 Å². The van der Waals surface area contributed by atoms with E-state index in [2.05, 4.69) is 6.92 Å². The SMILES string of the molecule is CCCCCCC(O)C/C=C/[C@H]1[C@H](O)CC(=O)[C@@H]1CCCCCC(C)C(=O)OC. The molecular formula is C24H42O5. The van der Waals surface area contributed by atoms with E-state index in [1.165, 1.54) is 20.0 Å². The maximum atomic E-state index is 12.3. The Bertz CT molecular complexity index is 501. The predicted octanol–water partition coefficient (Wildman–Crippen LogP) is 4.59. The van der Waals surface area contributed by atoms with Crippen molar-refractivity contribution in [1.82, 2.24) is 0 Å². The largest absolute Gasteiger partial charge is 0.469 e. The van der Waals surface area contributed by atoms with Gasteiger partial charge in [0.25, 0.3) is 0 Å². The molecule has 0 aliphatic heterocycles. The van der Waals surface area contributed by atoms with E-state index in [1.807, 2.05) is 19.1 Å². The van der Waals surface area contributed by atoms with Crippen molar-refractivity contribution in [2.45, 2.75) is 103 Å². The number of aliphatic hydroxyl groups excluding tert-OH is 2. The quantitative estimate of drug-likeness (QED) is 0.234. The Labute approximate surface area is 176 Å². The van der Waals surface area contributed by atoms with Crippen molar-refractivity contribution in [2.75, 3.05) is 7.11 Å². The first-order valence-corrected chi connectivity index (χ1v) is 11.5. The van der Waals surface area contributed by atoms with E-state index in [4.69, 9.17) is 4.74 Å². The number of ether oxygens (including phenoxy) is 1. The Balaban J connectivity index is 2.35. The fourth-order valence-electron chi connectivity index (χ4n) is 4.22. The van der Waals surface area contributed by atoms with Gasteiger partial charge < -0.3 is 14.9 Å². The normalized spacial score (nSPS) is 24.2. The number of aliphatic hydroxyl groups is 2. The molecule has 0 aromatic heterocycles. The van der Waals surface area contributed by atoms with Crippen LogP contribution in [0.25, 0.3) is 0 Å². The fraction of sp³-hybridized carbons (Fsp3) is 0.833. The van der Waals surface area contributed by atoms with Crippen LogP contribution in [-0.2, 0) is 14.3 Å². The summed E-state index contributed by atoms with van der Waals surface area (Å²) in [6.45, 7) is 4.05. The van der Waals surface area contributed by atoms with Gasteiger partial charge in [0.1, 0.15) is 5.78 Å². The monoisotopic (exact) mass is 410 g/mol. The lowest BCUT2D eigenvalue weighted by atomic mass is 9.88. The molecule has 0 spiro atoms. The van der Waals surface area contributed by atoms with E-state index in [1.54, 1.807) is 0 Å². The van der Waals surface area contributed by atoms with Gasteiger partial charge in [0.2, 0.25) is 0 Å². The maximum Gasteiger partial charge on any atom is 0.308 e. The van der Waals surface area contributed by atoms with Gasteiger partial charge in [-0.1, -0.05) is 70.9 Å². The molecule has 0 amide bonds. The number of carbonyl (C=O) groups is 2. The molecule has 1 fully saturated rings. The second-order valence-electron chi connectivity index (χ2n) is 8.65. The van der Waals surface area contributed by atoms with Crippen LogP contribution in [0.4, 0.5) is 0 Å². The van der Waals surface area contributed by atoms with Gasteiger partial charge in [-0.15, -0.1) is 0 Å². The average molecular weight is 411 g/mol. The molecule has 5 heteroatoms. The average Bonchev–Trinajstić information content (AvgIpc) is 2.97. The van der Waals surface area contributed by atoms with Crippen molar-refractivity contribution in [3.8, 4) is 0 Å². The summed E-state index contributed by atoms with van der Waals surface area (Å²) in [4.78, 5) is 23.7. The molecule has 0 heterocycles. The molecule has 0 aromatic rings. The molecule has 0 aromatic carbocycles. The number of ketones is 1. The van der Waals surface area contributed by atoms with E-state index in [-0.39, 0.29) is 42.0 Å². The van der Waals surface area contributed by atoms with Crippen LogP contribution in [0.3, 0.4) is 0 Å². The minimum Gasteiger partial charge on any atom is -0.469 e. The third-order valence-electron chi connectivity index (χ3n) is 6.15. The van der Waals surface area contributed by atoms with E-state index in [0.717, 1.165) is 51.4 Å². The van der Waals surface area contributed by atoms with Crippen LogP contribution in [0.1, 0.15) is 90.9 Å². The molecule has 0 bridgehead atoms. The van der Waals surface area contributed by atoms with Crippen LogP contribution in [0.15, 0.2) is 12.2 Å². The zero-order chi connectivity index (χ0) is 21.6. The second kappa shape index (κ2) is 14.7. The Morgan fingerprint density at radius 2 is 1.86 bits per heavy atom. The highest BCUT2D eigenvalue weighted by atomic mass is 16.5. The third-order valence-corrected chi connectivity index (χ3v) is 6.15. The molecule has 1 aliphatic carbocycles. The predicted molar refractivity (Wildman–Crippen MR) is 115 cm³/mol. The summed E-state index contributed by atoms with van der Waals surface area (Å²) in [5.41, 5.74) is 0. The van der Waals surface area contributed by atoms with E-state index >= 15 is 0 Å². The van der Waals surface area contributed by atoms with Gasteiger partial charge in [-0.2, -0.15) is 0 Å². The van der Waals surface area contributed by atoms with Gasteiger partial charge >= 0.3 is 5.97 Å². The standard InChI is InChI=1S/C24H42O5/c1-4-5-6-9-13-19(25)14-11-16-21-20(22(26)17-23(21)27)15-10-7-8-12-18(2)24(28)29-3/h11,16,18-21,23,25,27H,4-10,12-15,17H2,1-3H3/b16-11+/t18?,19?,20-,21-,23-/m1/s1. The fourth-order valence-corrected chi connectivity index (χ4v) is 4.22. The molecule has 0 radical (unpaired) electrons. The molecule has 168 valence electrons. The van der Waals surface area contributed by atoms with Gasteiger partial charge in [0.15, 0.2) is 0 Å². The molecule has 2 N–H and O–H groups in total. The van der Waals surface area contributed by atoms with Gasteiger partial charge in [0.05, 0.1) is 25.2 Å². The number of carbonyl (C=O) groups excluding carboxylic acids is 2. The smallest absolute Gasteiger partial charge is 0.308 e. The molecule has 5 nitrogen and oxygen atoms in total. The Hall–Kier alpha value is -1.20. The second-order valence-corrected chi connectivity index (χ2v) is 8.65. The number of methoxy groups -OCH3 is 1. The van der Waals surface area contributed by atoms with Gasteiger partial charge in [0, 0.05) is 18.3 Å². The van der Waals surface area contributed by atoms with Crippen LogP contribution in [0.5, 0.6) is 0 Å². The molecular weight excluding hydrogens is 368 g/mol. The van der Waals surface area contributed by atoms with Crippen LogP contribution >= 0.6 is 0 Å². The Morgan fingerprint density at radius 1 is 1.17 bits per heavy atom. The van der Waals surface area contributed by atoms with Crippen molar-refractivity contribution in [3.63, 3.8) is 0 Å². The lowest BCUT2D eigenvalue weighted by molar-refractivity contribution is -0.145. The summed E-state index contributed by atoms with van der Waals surface area (Å²) in [5.74, 6) is -0.365. The number of Topliss-reactive ketones (excluding diaryl/α,β-unsaturated/α-hetero) is 1. The minimum absolute atomic E-state index is 0.0842. The van der Waals surface area contributed by atoms with Crippen LogP contribution in [-0.4, -0.2) is 41.3 Å². The first-order valence-electron chi connectivity index (χ1n) is 11.5. The molecule has 29 heavy (non-hydrogen) atoms. The number of hydrogen-bond donors (Lipinski definition) is 2. The summed E-state index contributed by atoms with van der Waals surface area (Å²) >= 11 is 0. The van der Waals surface area contributed by atoms with E-state index < -0.39 is 6.10 Å². The number of esters is 1. The first-order chi connectivity index (χ1) is 13.9. The van der Waals surface area contributed by atoms with E-state index in [9.17, 15) is 19.8 Å². The van der Waals surface area contributed by atoms with E-state index in [0.29, 0.717) is 6.42 Å². The van der Waals surface area contributed by atoms with Crippen molar-refractivity contribution in [1.29, 1.82) is 0 Å². The van der Waals surface area contributed by atoms with Crippen LogP contribution in [0, 0.1) is 17.8 Å². The molecule has 1 aliphatic rings. The number of unbranched alkanes of at least 4 members (excludes halogenated alkanes) is 5. The summed E-state index contributed by atoms with van der Waals surface area (Å²) in [7, 11) is 1.41. The Morgan fingerprint density at radius 3 is 2.55 bits per heavy atom. The van der Waals surface area contributed by atoms with Gasteiger partial charge in [-0.25, -0.2) is 0 Å². The zero-order valence-corrected chi connectivity index (χ0v) is 18.6. The molecule has 0 saturated heterocycles. The lowest BCUT2D eigenvalue weighted by Crippen LogP contribution is -2.19. The van der Waals surface area contributed by atoms with Crippen LogP contribution < -0.4 is 0 Å². The summed E-state index contributed by atoms with van der Waals surface area (Å²) < 4.78 is 4.74. The van der Waals surface area contributed by atoms with Crippen molar-refractivity contribution < 1.29 is 24.5 Å². The number of hydrogen-bond acceptors (Lipinski definition) is 5. The van der Waals surface area contributed by atoms with Crippen molar-refractivity contribution in [3.05, 3.63) is 12.2 Å². The van der Waals surface area contributed by atoms with Gasteiger partial charge in [-0.05, 0) is 25.7 Å². The van der Waals surface area contributed by atoms with Crippen molar-refractivity contribution >= 4 is 11.8 Å². The zero-order valence-electron chi connectivity index (χ0n) is 18.6. The maximum absolute atomic E-state index is 12.3. The summed E-state index contributed by atoms with van der Waals surface area (Å²) in [6.07, 6.45) is 13.6.